The maximum atomic E-state index is 13.5. The number of aliphatic carboxylic acids is 1. The Bertz CT molecular complexity index is 1270. The molecule has 37 heavy (non-hydrogen) atoms. The van der Waals surface area contributed by atoms with Crippen LogP contribution in [0, 0.1) is 0 Å². The number of nitrogens with one attached hydrogen (secondary N) is 1. The molecular weight excluding hydrogens is 516 g/mol. The molecule has 0 atom stereocenters. The molecule has 3 N–H and O–H groups in total. The van der Waals surface area contributed by atoms with Gasteiger partial charge in [0.05, 0.1) is 4.88 Å². The van der Waals surface area contributed by atoms with E-state index in [1.807, 2.05) is 36.4 Å². The Hall–Kier alpha value is -3.56. The number of rotatable bonds is 9. The Morgan fingerprint density at radius 1 is 1.03 bits per heavy atom. The van der Waals surface area contributed by atoms with Crippen LogP contribution in [0.5, 0.6) is 5.75 Å². The number of nitrogens with zero attached hydrogens (tertiary/aromatic N) is 1. The molecule has 0 spiro atoms. The van der Waals surface area contributed by atoms with Gasteiger partial charge >= 0.3 is 18.0 Å². The summed E-state index contributed by atoms with van der Waals surface area (Å²) < 4.78 is 5.20. The quantitative estimate of drug-likeness (QED) is 0.293. The summed E-state index contributed by atoms with van der Waals surface area (Å²) in [7, 11) is 0. The van der Waals surface area contributed by atoms with Gasteiger partial charge in [-0.1, -0.05) is 73.3 Å². The Kier molecular flexibility index (Phi) is 8.68. The minimum atomic E-state index is -1.26. The third-order valence-electron chi connectivity index (χ3n) is 6.18. The van der Waals surface area contributed by atoms with Gasteiger partial charge in [0.1, 0.15) is 5.02 Å². The second kappa shape index (κ2) is 12.1. The Morgan fingerprint density at radius 3 is 2.43 bits per heavy atom. The number of hydrogen-bond acceptors (Lipinski definition) is 5. The number of benzene rings is 2. The average molecular weight is 543 g/mol. The van der Waals surface area contributed by atoms with Gasteiger partial charge in [-0.15, -0.1) is 11.3 Å². The molecule has 1 aromatic heterocycles. The van der Waals surface area contributed by atoms with Crippen LogP contribution in [0.2, 0.25) is 5.02 Å². The smallest absolute Gasteiger partial charge is 0.349 e. The standard InChI is InChI=1S/C27H27ClN2O6S/c28-22-23(36-16-21(31)32)25(26(33)34)37-24(22)18-10-7-13-20(14-18)30(19-11-5-2-6-12-19)27(35)29-15-17-8-3-1-4-9-17/h1,3-4,7-10,13-14,19H,2,5-6,11-12,15-16H2,(H,29,35)(H,31,32)(H,33,34). The molecule has 0 unspecified atom stereocenters. The molecule has 4 rings (SSSR count). The second-order valence-corrected chi connectivity index (χ2v) is 10.1. The lowest BCUT2D eigenvalue weighted by Gasteiger charge is -2.34. The molecule has 0 radical (unpaired) electrons. The summed E-state index contributed by atoms with van der Waals surface area (Å²) in [6.45, 7) is -0.321. The molecule has 1 heterocycles. The Morgan fingerprint density at radius 2 is 1.76 bits per heavy atom. The Labute approximate surface area is 223 Å². The largest absolute Gasteiger partial charge is 0.479 e. The summed E-state index contributed by atoms with van der Waals surface area (Å²) >= 11 is 7.39. The number of thiophene rings is 1. The van der Waals surface area contributed by atoms with E-state index >= 15 is 0 Å². The number of anilines is 1. The molecule has 1 fully saturated rings. The summed E-state index contributed by atoms with van der Waals surface area (Å²) in [6, 6.07) is 16.7. The molecule has 0 saturated heterocycles. The highest BCUT2D eigenvalue weighted by atomic mass is 35.5. The van der Waals surface area contributed by atoms with Crippen molar-refractivity contribution in [3.8, 4) is 16.2 Å². The van der Waals surface area contributed by atoms with E-state index in [-0.39, 0.29) is 27.7 Å². The predicted octanol–water partition coefficient (Wildman–Crippen LogP) is 6.28. The molecule has 1 saturated carbocycles. The first-order valence-corrected chi connectivity index (χ1v) is 13.2. The summed E-state index contributed by atoms with van der Waals surface area (Å²) in [4.78, 5) is 38.2. The zero-order chi connectivity index (χ0) is 26.4. The molecule has 8 nitrogen and oxygen atoms in total. The molecule has 2 amide bonds. The lowest BCUT2D eigenvalue weighted by Crippen LogP contribution is -2.47. The Balaban J connectivity index is 1.66. The van der Waals surface area contributed by atoms with E-state index < -0.39 is 18.5 Å². The van der Waals surface area contributed by atoms with Crippen molar-refractivity contribution in [1.29, 1.82) is 0 Å². The van der Waals surface area contributed by atoms with Crippen LogP contribution >= 0.6 is 22.9 Å². The fourth-order valence-corrected chi connectivity index (χ4v) is 5.88. The van der Waals surface area contributed by atoms with Crippen LogP contribution < -0.4 is 15.0 Å². The maximum Gasteiger partial charge on any atom is 0.349 e. The monoisotopic (exact) mass is 542 g/mol. The van der Waals surface area contributed by atoms with Gasteiger partial charge in [0.25, 0.3) is 0 Å². The number of carbonyl (C=O) groups is 3. The predicted molar refractivity (Wildman–Crippen MR) is 143 cm³/mol. The van der Waals surface area contributed by atoms with Crippen molar-refractivity contribution in [3.05, 3.63) is 70.1 Å². The summed E-state index contributed by atoms with van der Waals surface area (Å²) in [6.07, 6.45) is 4.99. The van der Waals surface area contributed by atoms with Crippen LogP contribution in [-0.2, 0) is 11.3 Å². The van der Waals surface area contributed by atoms with Crippen LogP contribution in [0.4, 0.5) is 10.5 Å². The van der Waals surface area contributed by atoms with E-state index in [2.05, 4.69) is 5.32 Å². The molecule has 2 aromatic carbocycles. The topological polar surface area (TPSA) is 116 Å². The first kappa shape index (κ1) is 26.5. The SMILES string of the molecule is O=C(O)COc1c(C(=O)O)sc(-c2cccc(N(C(=O)NCc3ccccc3)C3CCCCC3)c2)c1Cl. The summed E-state index contributed by atoms with van der Waals surface area (Å²) in [5.41, 5.74) is 2.27. The van der Waals surface area contributed by atoms with E-state index in [0.29, 0.717) is 22.7 Å². The van der Waals surface area contributed by atoms with E-state index in [1.54, 1.807) is 23.1 Å². The van der Waals surface area contributed by atoms with Crippen molar-refractivity contribution in [2.75, 3.05) is 11.5 Å². The number of aromatic carboxylic acids is 1. The number of carboxylic acids is 2. The van der Waals surface area contributed by atoms with Gasteiger partial charge in [-0.2, -0.15) is 0 Å². The molecule has 1 aliphatic carbocycles. The molecule has 3 aromatic rings. The molecular formula is C27H27ClN2O6S. The maximum absolute atomic E-state index is 13.5. The van der Waals surface area contributed by atoms with Crippen molar-refractivity contribution < 1.29 is 29.3 Å². The van der Waals surface area contributed by atoms with Gasteiger partial charge in [0.2, 0.25) is 0 Å². The lowest BCUT2D eigenvalue weighted by molar-refractivity contribution is -0.139. The van der Waals surface area contributed by atoms with E-state index in [4.69, 9.17) is 21.4 Å². The molecule has 194 valence electrons. The van der Waals surface area contributed by atoms with Crippen molar-refractivity contribution in [2.45, 2.75) is 44.7 Å². The zero-order valence-electron chi connectivity index (χ0n) is 20.0. The van der Waals surface area contributed by atoms with Gasteiger partial charge < -0.3 is 20.3 Å². The lowest BCUT2D eigenvalue weighted by atomic mass is 9.93. The fraction of sp³-hybridized carbons (Fsp3) is 0.296. The highest BCUT2D eigenvalue weighted by molar-refractivity contribution is 7.18. The van der Waals surface area contributed by atoms with Crippen molar-refractivity contribution in [1.82, 2.24) is 5.32 Å². The highest BCUT2D eigenvalue weighted by Crippen LogP contribution is 2.46. The molecule has 1 aliphatic rings. The third kappa shape index (κ3) is 6.42. The van der Waals surface area contributed by atoms with Crippen LogP contribution in [0.1, 0.15) is 47.3 Å². The molecule has 0 aliphatic heterocycles. The number of carbonyl (C=O) groups excluding carboxylic acids is 1. The minimum absolute atomic E-state index is 0.0264. The van der Waals surface area contributed by atoms with Crippen LogP contribution in [0.3, 0.4) is 0 Å². The first-order valence-electron chi connectivity index (χ1n) is 12.0. The number of urea groups is 1. The minimum Gasteiger partial charge on any atom is -0.479 e. The second-order valence-electron chi connectivity index (χ2n) is 8.75. The van der Waals surface area contributed by atoms with Crippen LogP contribution in [-0.4, -0.2) is 40.8 Å². The van der Waals surface area contributed by atoms with Gasteiger partial charge in [-0.05, 0) is 36.1 Å². The van der Waals surface area contributed by atoms with Crippen LogP contribution in [0.25, 0.3) is 10.4 Å². The van der Waals surface area contributed by atoms with Crippen molar-refractivity contribution >= 4 is 46.6 Å². The van der Waals surface area contributed by atoms with Crippen molar-refractivity contribution in [2.24, 2.45) is 0 Å². The number of hydrogen-bond donors (Lipinski definition) is 3. The van der Waals surface area contributed by atoms with Gasteiger partial charge in [0.15, 0.2) is 17.2 Å². The van der Waals surface area contributed by atoms with Crippen molar-refractivity contribution in [3.63, 3.8) is 0 Å². The number of ether oxygens (including phenoxy) is 1. The number of amides is 2. The van der Waals surface area contributed by atoms with Gasteiger partial charge in [-0.25, -0.2) is 14.4 Å². The third-order valence-corrected chi connectivity index (χ3v) is 7.86. The van der Waals surface area contributed by atoms with E-state index in [0.717, 1.165) is 49.0 Å². The average Bonchev–Trinajstić information content (AvgIpc) is 3.24. The zero-order valence-corrected chi connectivity index (χ0v) is 21.6. The summed E-state index contributed by atoms with van der Waals surface area (Å²) in [5, 5.41) is 21.6. The van der Waals surface area contributed by atoms with Gasteiger partial charge in [0, 0.05) is 18.3 Å². The van der Waals surface area contributed by atoms with Crippen LogP contribution in [0.15, 0.2) is 54.6 Å². The normalized spacial score (nSPS) is 13.6. The fourth-order valence-electron chi connectivity index (χ4n) is 4.47. The first-order chi connectivity index (χ1) is 17.8. The van der Waals surface area contributed by atoms with Gasteiger partial charge in [-0.3, -0.25) is 4.90 Å². The summed E-state index contributed by atoms with van der Waals surface area (Å²) in [5.74, 6) is -2.68. The molecule has 0 bridgehead atoms. The van der Waals surface area contributed by atoms with E-state index in [1.165, 1.54) is 0 Å². The number of carboxylic acid groups (broad SMARTS) is 2. The number of halogens is 1. The van der Waals surface area contributed by atoms with E-state index in [9.17, 15) is 19.5 Å². The highest BCUT2D eigenvalue weighted by Gasteiger charge is 2.29. The molecule has 10 heteroatoms.